The molecule has 3 aromatic rings. The number of aromatic nitrogens is 1. The van der Waals surface area contributed by atoms with Gasteiger partial charge in [0.2, 0.25) is 0 Å². The number of hydrogen-bond donors (Lipinski definition) is 2. The van der Waals surface area contributed by atoms with Crippen molar-refractivity contribution in [2.24, 2.45) is 0 Å². The van der Waals surface area contributed by atoms with E-state index in [1.165, 1.54) is 12.1 Å². The molecule has 0 bridgehead atoms. The molecule has 0 saturated carbocycles. The number of benzene rings is 2. The summed E-state index contributed by atoms with van der Waals surface area (Å²) in [5.41, 5.74) is 1.60. The lowest BCUT2D eigenvalue weighted by atomic mass is 10.0. The average Bonchev–Trinajstić information content (AvgIpc) is 2.54. The highest BCUT2D eigenvalue weighted by Gasteiger charge is 2.14. The number of fused-ring (bicyclic) bond motifs is 1. The summed E-state index contributed by atoms with van der Waals surface area (Å²) >= 11 is 0. The molecule has 0 aliphatic carbocycles. The lowest BCUT2D eigenvalue weighted by Gasteiger charge is -2.09. The van der Waals surface area contributed by atoms with Crippen LogP contribution in [-0.2, 0) is 0 Å². The van der Waals surface area contributed by atoms with Gasteiger partial charge in [0.25, 0.3) is 0 Å². The Kier molecular flexibility index (Phi) is 3.39. The third-order valence-corrected chi connectivity index (χ3v) is 3.43. The molecule has 110 valence electrons. The molecule has 1 heterocycles. The summed E-state index contributed by atoms with van der Waals surface area (Å²) in [4.78, 5) is 15.9. The Hall–Kier alpha value is -3.08. The number of hydrogen-bond acceptors (Lipinski definition) is 4. The van der Waals surface area contributed by atoms with E-state index in [2.05, 4.69) is 4.98 Å². The molecular weight excluding hydrogens is 282 g/mol. The van der Waals surface area contributed by atoms with Crippen molar-refractivity contribution in [1.29, 1.82) is 0 Å². The summed E-state index contributed by atoms with van der Waals surface area (Å²) in [5.74, 6) is -0.408. The van der Waals surface area contributed by atoms with Gasteiger partial charge in [-0.15, -0.1) is 0 Å². The molecule has 0 radical (unpaired) electrons. The van der Waals surface area contributed by atoms with Crippen molar-refractivity contribution in [3.8, 4) is 22.8 Å². The summed E-state index contributed by atoms with van der Waals surface area (Å²) in [6.45, 7) is 0. The van der Waals surface area contributed by atoms with Gasteiger partial charge in [0.05, 0.1) is 18.4 Å². The van der Waals surface area contributed by atoms with Crippen molar-refractivity contribution in [2.45, 2.75) is 0 Å². The zero-order valence-corrected chi connectivity index (χ0v) is 11.8. The van der Waals surface area contributed by atoms with E-state index in [1.807, 2.05) is 0 Å². The van der Waals surface area contributed by atoms with E-state index in [-0.39, 0.29) is 16.8 Å². The summed E-state index contributed by atoms with van der Waals surface area (Å²) < 4.78 is 5.10. The maximum atomic E-state index is 11.5. The van der Waals surface area contributed by atoms with Gasteiger partial charge < -0.3 is 14.9 Å². The van der Waals surface area contributed by atoms with Crippen molar-refractivity contribution < 1.29 is 19.7 Å². The molecule has 0 aliphatic heterocycles. The Bertz CT molecular complexity index is 856. The summed E-state index contributed by atoms with van der Waals surface area (Å²) in [7, 11) is 1.57. The van der Waals surface area contributed by atoms with Gasteiger partial charge >= 0.3 is 5.97 Å². The van der Waals surface area contributed by atoms with Crippen molar-refractivity contribution in [2.75, 3.05) is 7.11 Å². The molecule has 0 aliphatic rings. The van der Waals surface area contributed by atoms with Crippen LogP contribution in [0.1, 0.15) is 10.4 Å². The van der Waals surface area contributed by atoms with Crippen LogP contribution in [0.4, 0.5) is 0 Å². The summed E-state index contributed by atoms with van der Waals surface area (Å²) in [6, 6.07) is 13.3. The molecule has 2 aromatic carbocycles. The number of pyridine rings is 1. The first-order valence-electron chi connectivity index (χ1n) is 6.60. The summed E-state index contributed by atoms with van der Waals surface area (Å²) in [5, 5.41) is 19.8. The van der Waals surface area contributed by atoms with E-state index in [0.29, 0.717) is 16.8 Å². The van der Waals surface area contributed by atoms with Gasteiger partial charge in [-0.3, -0.25) is 0 Å². The van der Waals surface area contributed by atoms with Crippen LogP contribution in [0.15, 0.2) is 48.5 Å². The Morgan fingerprint density at radius 1 is 1.14 bits per heavy atom. The predicted molar refractivity (Wildman–Crippen MR) is 82.4 cm³/mol. The van der Waals surface area contributed by atoms with Crippen molar-refractivity contribution in [1.82, 2.24) is 4.98 Å². The number of carboxylic acid groups (broad SMARTS) is 1. The molecule has 0 amide bonds. The van der Waals surface area contributed by atoms with Gasteiger partial charge in [0.15, 0.2) is 0 Å². The maximum absolute atomic E-state index is 11.5. The third-order valence-electron chi connectivity index (χ3n) is 3.43. The number of aromatic carboxylic acids is 1. The molecule has 3 rings (SSSR count). The SMILES string of the molecule is COc1ccc(-c2cc(C(=O)O)c3cccc(O)c3n2)cc1. The minimum Gasteiger partial charge on any atom is -0.506 e. The first kappa shape index (κ1) is 13.9. The molecule has 1 aromatic heterocycles. The number of nitrogens with zero attached hydrogens (tertiary/aromatic N) is 1. The van der Waals surface area contributed by atoms with E-state index < -0.39 is 5.97 Å². The molecular formula is C17H13NO4. The smallest absolute Gasteiger partial charge is 0.336 e. The highest BCUT2D eigenvalue weighted by atomic mass is 16.5. The van der Waals surface area contributed by atoms with E-state index in [4.69, 9.17) is 4.74 Å². The molecule has 22 heavy (non-hydrogen) atoms. The van der Waals surface area contributed by atoms with Crippen molar-refractivity contribution in [3.63, 3.8) is 0 Å². The topological polar surface area (TPSA) is 79.7 Å². The minimum absolute atomic E-state index is 0.0460. The largest absolute Gasteiger partial charge is 0.506 e. The first-order valence-corrected chi connectivity index (χ1v) is 6.60. The Labute approximate surface area is 126 Å². The second kappa shape index (κ2) is 5.37. The first-order chi connectivity index (χ1) is 10.6. The zero-order valence-electron chi connectivity index (χ0n) is 11.8. The van der Waals surface area contributed by atoms with E-state index in [9.17, 15) is 15.0 Å². The molecule has 0 spiro atoms. The van der Waals surface area contributed by atoms with Crippen LogP contribution >= 0.6 is 0 Å². The number of ether oxygens (including phenoxy) is 1. The number of phenolic OH excluding ortho intramolecular Hbond substituents is 1. The van der Waals surface area contributed by atoms with Crippen LogP contribution in [0.5, 0.6) is 11.5 Å². The Morgan fingerprint density at radius 2 is 1.86 bits per heavy atom. The third kappa shape index (κ3) is 2.33. The number of rotatable bonds is 3. The number of methoxy groups -OCH3 is 1. The quantitative estimate of drug-likeness (QED) is 0.775. The monoisotopic (exact) mass is 295 g/mol. The van der Waals surface area contributed by atoms with Crippen LogP contribution < -0.4 is 4.74 Å². The van der Waals surface area contributed by atoms with Gasteiger partial charge in [-0.05, 0) is 36.4 Å². The molecule has 5 nitrogen and oxygen atoms in total. The minimum atomic E-state index is -1.06. The highest BCUT2D eigenvalue weighted by molar-refractivity contribution is 6.05. The van der Waals surface area contributed by atoms with Crippen LogP contribution in [0.25, 0.3) is 22.2 Å². The fraction of sp³-hybridized carbons (Fsp3) is 0.0588. The fourth-order valence-corrected chi connectivity index (χ4v) is 2.32. The molecule has 0 unspecified atom stereocenters. The maximum Gasteiger partial charge on any atom is 0.336 e. The molecule has 2 N–H and O–H groups in total. The van der Waals surface area contributed by atoms with Gasteiger partial charge in [-0.1, -0.05) is 12.1 Å². The second-order valence-electron chi connectivity index (χ2n) is 4.76. The molecule has 0 atom stereocenters. The lowest BCUT2D eigenvalue weighted by Crippen LogP contribution is -2.00. The predicted octanol–water partition coefficient (Wildman–Crippen LogP) is 3.31. The number of carbonyl (C=O) groups is 1. The van der Waals surface area contributed by atoms with Gasteiger partial charge in [0, 0.05) is 10.9 Å². The van der Waals surface area contributed by atoms with E-state index in [0.717, 1.165) is 5.56 Å². The average molecular weight is 295 g/mol. The van der Waals surface area contributed by atoms with Crippen LogP contribution in [0, 0.1) is 0 Å². The van der Waals surface area contributed by atoms with Gasteiger partial charge in [-0.2, -0.15) is 0 Å². The van der Waals surface area contributed by atoms with Gasteiger partial charge in [-0.25, -0.2) is 9.78 Å². The number of carboxylic acids is 1. The molecule has 0 saturated heterocycles. The standard InChI is InChI=1S/C17H13NO4/c1-22-11-7-5-10(6-8-11)14-9-13(17(20)21)12-3-2-4-15(19)16(12)18-14/h2-9,19H,1H3,(H,20,21). The number of aromatic hydroxyl groups is 1. The second-order valence-corrected chi connectivity index (χ2v) is 4.76. The van der Waals surface area contributed by atoms with Gasteiger partial charge in [0.1, 0.15) is 17.0 Å². The van der Waals surface area contributed by atoms with Crippen molar-refractivity contribution >= 4 is 16.9 Å². The zero-order chi connectivity index (χ0) is 15.7. The molecule has 0 fully saturated rings. The van der Waals surface area contributed by atoms with Crippen molar-refractivity contribution in [3.05, 3.63) is 54.1 Å². The van der Waals surface area contributed by atoms with Crippen LogP contribution in [0.2, 0.25) is 0 Å². The molecule has 5 heteroatoms. The number of phenols is 1. The normalized spacial score (nSPS) is 10.6. The Morgan fingerprint density at radius 3 is 2.50 bits per heavy atom. The number of para-hydroxylation sites is 1. The van der Waals surface area contributed by atoms with E-state index in [1.54, 1.807) is 43.5 Å². The summed E-state index contributed by atoms with van der Waals surface area (Å²) in [6.07, 6.45) is 0. The lowest BCUT2D eigenvalue weighted by molar-refractivity contribution is 0.0699. The van der Waals surface area contributed by atoms with E-state index >= 15 is 0 Å². The van der Waals surface area contributed by atoms with Crippen LogP contribution in [-0.4, -0.2) is 28.3 Å². The van der Waals surface area contributed by atoms with Crippen LogP contribution in [0.3, 0.4) is 0 Å². The fourth-order valence-electron chi connectivity index (χ4n) is 2.32. The Balaban J connectivity index is 2.25. The highest BCUT2D eigenvalue weighted by Crippen LogP contribution is 2.30.